The lowest BCUT2D eigenvalue weighted by Crippen LogP contribution is -2.15. The average molecular weight is 401 g/mol. The van der Waals surface area contributed by atoms with Crippen molar-refractivity contribution in [2.75, 3.05) is 19.5 Å². The van der Waals surface area contributed by atoms with E-state index in [4.69, 9.17) is 9.47 Å². The highest BCUT2D eigenvalue weighted by molar-refractivity contribution is 6.29. The van der Waals surface area contributed by atoms with E-state index in [1.165, 1.54) is 7.11 Å². The topological polar surface area (TPSA) is 64.6 Å². The summed E-state index contributed by atoms with van der Waals surface area (Å²) in [6.45, 7) is 1.87. The van der Waals surface area contributed by atoms with Crippen LogP contribution in [0.1, 0.15) is 27.0 Å². The lowest BCUT2D eigenvalue weighted by molar-refractivity contribution is -0.111. The number of rotatable bonds is 6. The quantitative estimate of drug-likeness (QED) is 0.360. The Morgan fingerprint density at radius 3 is 2.20 bits per heavy atom. The summed E-state index contributed by atoms with van der Waals surface area (Å²) in [5.74, 6) is 0.0119. The van der Waals surface area contributed by atoms with E-state index in [9.17, 15) is 9.59 Å². The molecule has 0 aliphatic rings. The summed E-state index contributed by atoms with van der Waals surface area (Å²) in [6.07, 6.45) is 1.82. The van der Waals surface area contributed by atoms with Gasteiger partial charge in [0.1, 0.15) is 5.75 Å². The van der Waals surface area contributed by atoms with Crippen molar-refractivity contribution in [3.8, 4) is 5.75 Å². The van der Waals surface area contributed by atoms with Gasteiger partial charge in [-0.15, -0.1) is 0 Å². The number of methoxy groups -OCH3 is 2. The van der Waals surface area contributed by atoms with Crippen LogP contribution in [-0.4, -0.2) is 26.1 Å². The van der Waals surface area contributed by atoms with Gasteiger partial charge in [0.15, 0.2) is 0 Å². The van der Waals surface area contributed by atoms with Gasteiger partial charge in [-0.2, -0.15) is 0 Å². The number of nitrogens with one attached hydrogen (secondary N) is 1. The first kappa shape index (κ1) is 20.9. The van der Waals surface area contributed by atoms with Crippen molar-refractivity contribution >= 4 is 29.2 Å². The van der Waals surface area contributed by atoms with Crippen LogP contribution in [0.3, 0.4) is 0 Å². The van der Waals surface area contributed by atoms with Crippen LogP contribution in [0, 0.1) is 6.92 Å². The van der Waals surface area contributed by atoms with Crippen molar-refractivity contribution in [1.29, 1.82) is 0 Å². The minimum atomic E-state index is -0.456. The second kappa shape index (κ2) is 9.56. The molecule has 3 aromatic carbocycles. The number of hydrogen-bond acceptors (Lipinski definition) is 4. The third kappa shape index (κ3) is 4.94. The molecule has 0 saturated carbocycles. The Bertz CT molecular complexity index is 1070. The van der Waals surface area contributed by atoms with Gasteiger partial charge in [0.05, 0.1) is 19.8 Å². The van der Waals surface area contributed by atoms with E-state index in [0.29, 0.717) is 16.8 Å². The molecule has 0 unspecified atom stereocenters. The maximum absolute atomic E-state index is 13.2. The van der Waals surface area contributed by atoms with Crippen LogP contribution in [0.15, 0.2) is 72.8 Å². The largest absolute Gasteiger partial charge is 0.497 e. The molecule has 0 heterocycles. The number of anilines is 1. The van der Waals surface area contributed by atoms with E-state index in [0.717, 1.165) is 22.4 Å². The van der Waals surface area contributed by atoms with E-state index < -0.39 is 5.97 Å². The summed E-state index contributed by atoms with van der Waals surface area (Å²) in [5.41, 5.74) is 3.92. The van der Waals surface area contributed by atoms with Crippen LogP contribution in [0.4, 0.5) is 5.69 Å². The molecule has 3 rings (SSSR count). The average Bonchev–Trinajstić information content (AvgIpc) is 2.79. The lowest BCUT2D eigenvalue weighted by Gasteiger charge is -2.13. The van der Waals surface area contributed by atoms with Gasteiger partial charge in [0, 0.05) is 11.3 Å². The molecule has 3 aromatic rings. The van der Waals surface area contributed by atoms with Crippen molar-refractivity contribution < 1.29 is 19.1 Å². The minimum absolute atomic E-state index is 0.276. The molecule has 5 nitrogen and oxygen atoms in total. The molecule has 0 saturated heterocycles. The molecule has 0 bridgehead atoms. The molecular formula is C25H23NO4. The van der Waals surface area contributed by atoms with E-state index in [2.05, 4.69) is 5.32 Å². The predicted octanol–water partition coefficient (Wildman–Crippen LogP) is 4.97. The number of ether oxygens (including phenoxy) is 2. The molecule has 1 amide bonds. The summed E-state index contributed by atoms with van der Waals surface area (Å²) in [7, 11) is 2.93. The van der Waals surface area contributed by atoms with Gasteiger partial charge in [-0.25, -0.2) is 4.79 Å². The molecule has 0 fully saturated rings. The predicted molar refractivity (Wildman–Crippen MR) is 118 cm³/mol. The summed E-state index contributed by atoms with van der Waals surface area (Å²) >= 11 is 0. The Kier molecular flexibility index (Phi) is 6.65. The fourth-order valence-corrected chi connectivity index (χ4v) is 2.96. The number of carbonyl (C=O) groups excluding carboxylic acids is 2. The second-order valence-electron chi connectivity index (χ2n) is 6.67. The van der Waals surface area contributed by atoms with Gasteiger partial charge in [0.2, 0.25) is 0 Å². The maximum Gasteiger partial charge on any atom is 0.337 e. The molecule has 0 atom stereocenters. The Balaban J connectivity index is 1.97. The summed E-state index contributed by atoms with van der Waals surface area (Å²) in [5, 5.41) is 2.93. The molecule has 0 radical (unpaired) electrons. The molecule has 0 aliphatic heterocycles. The van der Waals surface area contributed by atoms with Crippen molar-refractivity contribution in [1.82, 2.24) is 0 Å². The Morgan fingerprint density at radius 2 is 1.57 bits per heavy atom. The number of hydrogen-bond donors (Lipinski definition) is 1. The van der Waals surface area contributed by atoms with Crippen molar-refractivity contribution in [2.24, 2.45) is 0 Å². The van der Waals surface area contributed by atoms with Crippen molar-refractivity contribution in [2.45, 2.75) is 6.92 Å². The van der Waals surface area contributed by atoms with Gasteiger partial charge < -0.3 is 14.8 Å². The lowest BCUT2D eigenvalue weighted by atomic mass is 10.0. The standard InChI is InChI=1S/C25H23NO4/c1-17-9-12-20(25(28)30-3)16-23(17)26-24(27)22(19-7-5-4-6-8-19)15-18-10-13-21(29-2)14-11-18/h4-16H,1-3H3,(H,26,27)/b22-15+. The molecule has 5 heteroatoms. The number of esters is 1. The molecule has 30 heavy (non-hydrogen) atoms. The minimum Gasteiger partial charge on any atom is -0.497 e. The highest BCUT2D eigenvalue weighted by Crippen LogP contribution is 2.24. The highest BCUT2D eigenvalue weighted by atomic mass is 16.5. The zero-order chi connectivity index (χ0) is 21.5. The van der Waals surface area contributed by atoms with E-state index in [1.807, 2.05) is 67.6 Å². The smallest absolute Gasteiger partial charge is 0.337 e. The number of amides is 1. The van der Waals surface area contributed by atoms with Gasteiger partial charge >= 0.3 is 5.97 Å². The monoisotopic (exact) mass is 401 g/mol. The molecule has 0 spiro atoms. The number of benzene rings is 3. The third-order valence-electron chi connectivity index (χ3n) is 4.66. The second-order valence-corrected chi connectivity index (χ2v) is 6.67. The Labute approximate surface area is 176 Å². The highest BCUT2D eigenvalue weighted by Gasteiger charge is 2.15. The fourth-order valence-electron chi connectivity index (χ4n) is 2.96. The van der Waals surface area contributed by atoms with Crippen LogP contribution < -0.4 is 10.1 Å². The summed E-state index contributed by atoms with van der Waals surface area (Å²) in [6, 6.07) is 22.0. The maximum atomic E-state index is 13.2. The third-order valence-corrected chi connectivity index (χ3v) is 4.66. The summed E-state index contributed by atoms with van der Waals surface area (Å²) in [4.78, 5) is 25.1. The van der Waals surface area contributed by atoms with Gasteiger partial charge in [0.25, 0.3) is 5.91 Å². The van der Waals surface area contributed by atoms with Crippen LogP contribution in [-0.2, 0) is 9.53 Å². The van der Waals surface area contributed by atoms with Gasteiger partial charge in [-0.05, 0) is 54.0 Å². The van der Waals surface area contributed by atoms with Crippen LogP contribution in [0.5, 0.6) is 5.75 Å². The first-order chi connectivity index (χ1) is 14.5. The molecule has 0 aliphatic carbocycles. The number of carbonyl (C=O) groups is 2. The summed E-state index contributed by atoms with van der Waals surface area (Å²) < 4.78 is 9.98. The van der Waals surface area contributed by atoms with Crippen molar-refractivity contribution in [3.05, 3.63) is 95.1 Å². The van der Waals surface area contributed by atoms with Crippen LogP contribution >= 0.6 is 0 Å². The molecule has 1 N–H and O–H groups in total. The normalized spacial score (nSPS) is 11.0. The molecule has 0 aromatic heterocycles. The molecule has 152 valence electrons. The van der Waals surface area contributed by atoms with Crippen LogP contribution in [0.25, 0.3) is 11.6 Å². The van der Waals surface area contributed by atoms with E-state index in [-0.39, 0.29) is 5.91 Å². The number of aryl methyl sites for hydroxylation is 1. The zero-order valence-electron chi connectivity index (χ0n) is 17.1. The molecular weight excluding hydrogens is 378 g/mol. The van der Waals surface area contributed by atoms with Crippen LogP contribution in [0.2, 0.25) is 0 Å². The van der Waals surface area contributed by atoms with E-state index in [1.54, 1.807) is 25.3 Å². The Morgan fingerprint density at radius 1 is 0.867 bits per heavy atom. The van der Waals surface area contributed by atoms with Crippen molar-refractivity contribution in [3.63, 3.8) is 0 Å². The Hall–Kier alpha value is -3.86. The van der Waals surface area contributed by atoms with Gasteiger partial charge in [-0.1, -0.05) is 48.5 Å². The zero-order valence-corrected chi connectivity index (χ0v) is 17.1. The first-order valence-corrected chi connectivity index (χ1v) is 9.43. The van der Waals surface area contributed by atoms with Gasteiger partial charge in [-0.3, -0.25) is 4.79 Å². The first-order valence-electron chi connectivity index (χ1n) is 9.43. The fraction of sp³-hybridized carbons (Fsp3) is 0.120. The van der Waals surface area contributed by atoms with E-state index >= 15 is 0 Å². The SMILES string of the molecule is COC(=O)c1ccc(C)c(NC(=O)/C(=C/c2ccc(OC)cc2)c2ccccc2)c1.